The van der Waals surface area contributed by atoms with Crippen LogP contribution in [0.4, 0.5) is 17.6 Å². The summed E-state index contributed by atoms with van der Waals surface area (Å²) in [7, 11) is -3.51. The third-order valence-corrected chi connectivity index (χ3v) is 4.93. The van der Waals surface area contributed by atoms with Gasteiger partial charge in [0.2, 0.25) is 9.84 Å². The Labute approximate surface area is 128 Å². The Kier molecular flexibility index (Phi) is 4.35. The number of benzene rings is 2. The van der Waals surface area contributed by atoms with E-state index in [4.69, 9.17) is 16.3 Å². The molecule has 0 atom stereocenters. The van der Waals surface area contributed by atoms with E-state index < -0.39 is 47.9 Å². The highest BCUT2D eigenvalue weighted by Crippen LogP contribution is 2.33. The molecule has 0 aliphatic carbocycles. The number of sulfone groups is 1. The predicted octanol–water partition coefficient (Wildman–Crippen LogP) is 3.74. The lowest BCUT2D eigenvalue weighted by atomic mass is 10.3. The minimum absolute atomic E-state index is 0.286. The van der Waals surface area contributed by atoms with E-state index in [1.54, 1.807) is 0 Å². The van der Waals surface area contributed by atoms with Crippen LogP contribution in [-0.2, 0) is 9.84 Å². The van der Waals surface area contributed by atoms with E-state index >= 15 is 0 Å². The smallest absolute Gasteiger partial charge is 0.212 e. The van der Waals surface area contributed by atoms with Crippen molar-refractivity contribution < 1.29 is 30.7 Å². The summed E-state index contributed by atoms with van der Waals surface area (Å²) in [6.45, 7) is 0. The van der Waals surface area contributed by atoms with Crippen molar-refractivity contribution in [1.82, 2.24) is 0 Å². The third-order valence-electron chi connectivity index (χ3n) is 2.81. The number of methoxy groups -OCH3 is 1. The molecule has 0 unspecified atom stereocenters. The van der Waals surface area contributed by atoms with Crippen LogP contribution in [-0.4, -0.2) is 15.5 Å². The number of hydrogen-bond acceptors (Lipinski definition) is 3. The van der Waals surface area contributed by atoms with Crippen molar-refractivity contribution in [3.63, 3.8) is 0 Å². The van der Waals surface area contributed by atoms with Crippen LogP contribution in [0, 0.1) is 23.3 Å². The van der Waals surface area contributed by atoms with Crippen LogP contribution < -0.4 is 4.74 Å². The molecule has 0 saturated heterocycles. The first-order chi connectivity index (χ1) is 10.2. The van der Waals surface area contributed by atoms with Crippen molar-refractivity contribution >= 4 is 21.4 Å². The molecule has 0 N–H and O–H groups in total. The molecule has 2 aromatic rings. The first-order valence-corrected chi connectivity index (χ1v) is 7.48. The molecule has 9 heteroatoms. The quantitative estimate of drug-likeness (QED) is 0.479. The fourth-order valence-electron chi connectivity index (χ4n) is 1.69. The van der Waals surface area contributed by atoms with E-state index in [0.717, 1.165) is 12.1 Å². The zero-order valence-electron chi connectivity index (χ0n) is 10.8. The van der Waals surface area contributed by atoms with Crippen LogP contribution in [0.1, 0.15) is 0 Å². The topological polar surface area (TPSA) is 43.4 Å². The van der Waals surface area contributed by atoms with Gasteiger partial charge < -0.3 is 4.74 Å². The second-order valence-electron chi connectivity index (χ2n) is 4.08. The fraction of sp³-hybridized carbons (Fsp3) is 0.0769. The zero-order valence-corrected chi connectivity index (χ0v) is 12.4. The summed E-state index contributed by atoms with van der Waals surface area (Å²) in [6, 6.07) is 4.39. The Bertz CT molecular complexity index is 806. The van der Waals surface area contributed by atoms with Crippen molar-refractivity contribution in [3.8, 4) is 5.75 Å². The minimum atomic E-state index is -4.83. The Hall–Kier alpha value is -1.80. The van der Waals surface area contributed by atoms with Crippen molar-refractivity contribution in [2.45, 2.75) is 9.79 Å². The van der Waals surface area contributed by atoms with E-state index in [-0.39, 0.29) is 5.75 Å². The molecule has 2 aromatic carbocycles. The van der Waals surface area contributed by atoms with Crippen molar-refractivity contribution in [2.24, 2.45) is 0 Å². The number of hydrogen-bond donors (Lipinski definition) is 0. The summed E-state index contributed by atoms with van der Waals surface area (Å²) >= 11 is 5.05. The maximum Gasteiger partial charge on any atom is 0.212 e. The Balaban J connectivity index is 2.73. The van der Waals surface area contributed by atoms with Gasteiger partial charge >= 0.3 is 0 Å². The molecule has 0 fully saturated rings. The second kappa shape index (κ2) is 5.77. The van der Waals surface area contributed by atoms with Crippen LogP contribution in [0.3, 0.4) is 0 Å². The number of halogens is 5. The van der Waals surface area contributed by atoms with E-state index in [1.807, 2.05) is 0 Å². The highest BCUT2D eigenvalue weighted by molar-refractivity contribution is 7.91. The SMILES string of the molecule is COc1ccc(S(=O)(=O)c2c(F)c(F)c(Cl)c(F)c2F)cc1. The highest BCUT2D eigenvalue weighted by atomic mass is 35.5. The largest absolute Gasteiger partial charge is 0.497 e. The van der Waals surface area contributed by atoms with Gasteiger partial charge in [-0.15, -0.1) is 0 Å². The van der Waals surface area contributed by atoms with Gasteiger partial charge in [0.25, 0.3) is 0 Å². The second-order valence-corrected chi connectivity index (χ2v) is 6.34. The maximum absolute atomic E-state index is 13.8. The average Bonchev–Trinajstić information content (AvgIpc) is 2.51. The summed E-state index contributed by atoms with van der Waals surface area (Å²) < 4.78 is 83.5. The molecular weight excluding hydrogens is 348 g/mol. The Morgan fingerprint density at radius 1 is 0.909 bits per heavy atom. The summed E-state index contributed by atoms with van der Waals surface area (Å²) in [6.07, 6.45) is 0. The molecule has 0 bridgehead atoms. The number of rotatable bonds is 3. The van der Waals surface area contributed by atoms with Crippen molar-refractivity contribution in [1.29, 1.82) is 0 Å². The van der Waals surface area contributed by atoms with Crippen LogP contribution >= 0.6 is 11.6 Å². The molecule has 0 aliphatic heterocycles. The van der Waals surface area contributed by atoms with Crippen LogP contribution in [0.15, 0.2) is 34.1 Å². The lowest BCUT2D eigenvalue weighted by Crippen LogP contribution is -2.12. The molecule has 3 nitrogen and oxygen atoms in total. The molecular formula is C13H7ClF4O3S. The highest BCUT2D eigenvalue weighted by Gasteiger charge is 2.33. The van der Waals surface area contributed by atoms with Crippen LogP contribution in [0.2, 0.25) is 5.02 Å². The van der Waals surface area contributed by atoms with E-state index in [0.29, 0.717) is 0 Å². The summed E-state index contributed by atoms with van der Waals surface area (Å²) in [5.74, 6) is -7.84. The van der Waals surface area contributed by atoms with Gasteiger partial charge in [-0.25, -0.2) is 26.0 Å². The van der Waals surface area contributed by atoms with Gasteiger partial charge in [0.05, 0.1) is 12.0 Å². The zero-order chi connectivity index (χ0) is 16.7. The van der Waals surface area contributed by atoms with Gasteiger partial charge in [-0.1, -0.05) is 11.6 Å². The van der Waals surface area contributed by atoms with Gasteiger partial charge in [0, 0.05) is 0 Å². The first kappa shape index (κ1) is 16.6. The third kappa shape index (κ3) is 2.52. The molecule has 0 aromatic heterocycles. The Morgan fingerprint density at radius 3 is 1.77 bits per heavy atom. The normalized spacial score (nSPS) is 11.5. The van der Waals surface area contributed by atoms with Crippen LogP contribution in [0.25, 0.3) is 0 Å². The van der Waals surface area contributed by atoms with Crippen molar-refractivity contribution in [3.05, 3.63) is 52.6 Å². The molecule has 0 radical (unpaired) electrons. The monoisotopic (exact) mass is 354 g/mol. The maximum atomic E-state index is 13.8. The number of ether oxygens (including phenoxy) is 1. The van der Waals surface area contributed by atoms with Gasteiger partial charge in [-0.2, -0.15) is 0 Å². The van der Waals surface area contributed by atoms with E-state index in [9.17, 15) is 26.0 Å². The first-order valence-electron chi connectivity index (χ1n) is 5.62. The minimum Gasteiger partial charge on any atom is -0.497 e. The standard InChI is InChI=1S/C13H7ClF4O3S/c1-21-6-2-4-7(5-3-6)22(19,20)13-11(17)9(15)8(14)10(16)12(13)18/h2-5H,1H3. The van der Waals surface area contributed by atoms with Gasteiger partial charge in [-0.3, -0.25) is 0 Å². The fourth-order valence-corrected chi connectivity index (χ4v) is 3.24. The average molecular weight is 355 g/mol. The van der Waals surface area contributed by atoms with Gasteiger partial charge in [0.15, 0.2) is 23.3 Å². The summed E-state index contributed by atoms with van der Waals surface area (Å²) in [5, 5.41) is -1.45. The Morgan fingerprint density at radius 2 is 1.36 bits per heavy atom. The lowest BCUT2D eigenvalue weighted by molar-refractivity contribution is 0.414. The van der Waals surface area contributed by atoms with E-state index in [1.165, 1.54) is 19.2 Å². The van der Waals surface area contributed by atoms with E-state index in [2.05, 4.69) is 0 Å². The van der Waals surface area contributed by atoms with Gasteiger partial charge in [-0.05, 0) is 24.3 Å². The summed E-state index contributed by atoms with van der Waals surface area (Å²) in [5.41, 5.74) is 0. The molecule has 2 rings (SSSR count). The van der Waals surface area contributed by atoms with Crippen LogP contribution in [0.5, 0.6) is 5.75 Å². The molecule has 0 aliphatic rings. The molecule has 0 amide bonds. The molecule has 0 heterocycles. The molecule has 118 valence electrons. The van der Waals surface area contributed by atoms with Gasteiger partial charge in [0.1, 0.15) is 15.7 Å². The predicted molar refractivity (Wildman–Crippen MR) is 69.7 cm³/mol. The lowest BCUT2D eigenvalue weighted by Gasteiger charge is -2.10. The summed E-state index contributed by atoms with van der Waals surface area (Å²) in [4.78, 5) is -2.30. The van der Waals surface area contributed by atoms with Crippen molar-refractivity contribution in [2.75, 3.05) is 7.11 Å². The molecule has 0 spiro atoms. The molecule has 22 heavy (non-hydrogen) atoms. The molecule has 0 saturated carbocycles.